The highest BCUT2D eigenvalue weighted by molar-refractivity contribution is 7.08. The summed E-state index contributed by atoms with van der Waals surface area (Å²) in [5, 5.41) is 0.475. The maximum atomic E-state index is 11.2. The van der Waals surface area contributed by atoms with Crippen LogP contribution in [-0.4, -0.2) is 16.8 Å². The van der Waals surface area contributed by atoms with Crippen LogP contribution in [0.25, 0.3) is 0 Å². The Balaban J connectivity index is 1.92. The predicted octanol–water partition coefficient (Wildman–Crippen LogP) is 0.511. The van der Waals surface area contributed by atoms with Gasteiger partial charge in [-0.05, 0) is 17.7 Å². The van der Waals surface area contributed by atoms with Crippen LogP contribution < -0.4 is 20.0 Å². The zero-order valence-corrected chi connectivity index (χ0v) is 9.95. The van der Waals surface area contributed by atoms with Gasteiger partial charge in [0.1, 0.15) is 5.01 Å². The zero-order valence-electron chi connectivity index (χ0n) is 9.13. The summed E-state index contributed by atoms with van der Waals surface area (Å²) in [6, 6.07) is 5.48. The van der Waals surface area contributed by atoms with Crippen LogP contribution in [0.4, 0.5) is 0 Å². The van der Waals surface area contributed by atoms with Crippen LogP contribution >= 0.6 is 11.3 Å². The molecule has 2 aromatic rings. The van der Waals surface area contributed by atoms with E-state index < -0.39 is 10.6 Å². The molecule has 1 aliphatic rings. The molecule has 3 rings (SSSR count). The van der Waals surface area contributed by atoms with Gasteiger partial charge in [0.05, 0.1) is 0 Å². The van der Waals surface area contributed by atoms with Gasteiger partial charge in [-0.2, -0.15) is 4.98 Å². The first-order valence-electron chi connectivity index (χ1n) is 5.19. The Morgan fingerprint density at radius 1 is 1.28 bits per heavy atom. The van der Waals surface area contributed by atoms with Crippen LogP contribution in [-0.2, 0) is 6.42 Å². The molecule has 2 heterocycles. The molecule has 0 aliphatic carbocycles. The van der Waals surface area contributed by atoms with E-state index in [1.165, 1.54) is 0 Å². The number of benzene rings is 1. The topological polar surface area (TPSA) is 81.3 Å². The van der Waals surface area contributed by atoms with Gasteiger partial charge >= 0.3 is 10.6 Å². The van der Waals surface area contributed by atoms with Crippen molar-refractivity contribution in [1.29, 1.82) is 0 Å². The number of rotatable bonds is 2. The molecule has 1 N–H and O–H groups in total. The first kappa shape index (κ1) is 11.0. The minimum Gasteiger partial charge on any atom is -0.454 e. The second-order valence-electron chi connectivity index (χ2n) is 3.69. The maximum absolute atomic E-state index is 11.2. The lowest BCUT2D eigenvalue weighted by atomic mass is 10.1. The molecule has 1 aromatic heterocycles. The maximum Gasteiger partial charge on any atom is 0.349 e. The summed E-state index contributed by atoms with van der Waals surface area (Å²) in [7, 11) is 0. The van der Waals surface area contributed by atoms with Crippen molar-refractivity contribution < 1.29 is 9.47 Å². The van der Waals surface area contributed by atoms with Crippen molar-refractivity contribution in [3.05, 3.63) is 48.9 Å². The van der Waals surface area contributed by atoms with Crippen LogP contribution in [0, 0.1) is 0 Å². The molecule has 0 fully saturated rings. The molecule has 0 atom stereocenters. The van der Waals surface area contributed by atoms with E-state index >= 15 is 0 Å². The van der Waals surface area contributed by atoms with Crippen molar-refractivity contribution in [1.82, 2.24) is 9.97 Å². The SMILES string of the molecule is O=c1nc(Cc2ccc3c(c2)OCO3)sc(=O)[nH]1. The van der Waals surface area contributed by atoms with Crippen LogP contribution in [0.15, 0.2) is 27.8 Å². The summed E-state index contributed by atoms with van der Waals surface area (Å²) in [4.78, 5) is 27.7. The molecule has 6 nitrogen and oxygen atoms in total. The highest BCUT2D eigenvalue weighted by Gasteiger charge is 2.13. The highest BCUT2D eigenvalue weighted by atomic mass is 32.1. The molecular formula is C11H8N2O4S. The van der Waals surface area contributed by atoms with Crippen molar-refractivity contribution >= 4 is 11.3 Å². The molecule has 0 saturated carbocycles. The number of H-pyrrole nitrogens is 1. The Labute approximate surface area is 105 Å². The fourth-order valence-corrected chi connectivity index (χ4v) is 2.40. The van der Waals surface area contributed by atoms with Gasteiger partial charge in [-0.25, -0.2) is 4.79 Å². The summed E-state index contributed by atoms with van der Waals surface area (Å²) in [5.41, 5.74) is 0.294. The predicted molar refractivity (Wildman–Crippen MR) is 64.4 cm³/mol. The minimum atomic E-state index is -0.616. The number of hydrogen-bond acceptors (Lipinski definition) is 6. The van der Waals surface area contributed by atoms with Crippen molar-refractivity contribution in [3.63, 3.8) is 0 Å². The number of hydrogen-bond donors (Lipinski definition) is 1. The third-order valence-corrected chi connectivity index (χ3v) is 3.20. The molecule has 0 amide bonds. The highest BCUT2D eigenvalue weighted by Crippen LogP contribution is 2.32. The van der Waals surface area contributed by atoms with Gasteiger partial charge < -0.3 is 9.47 Å². The van der Waals surface area contributed by atoms with E-state index in [1.54, 1.807) is 6.07 Å². The summed E-state index contributed by atoms with van der Waals surface area (Å²) < 4.78 is 10.5. The summed E-state index contributed by atoms with van der Waals surface area (Å²) in [5.74, 6) is 1.37. The Morgan fingerprint density at radius 2 is 2.11 bits per heavy atom. The Kier molecular flexibility index (Phi) is 2.60. The number of nitrogens with one attached hydrogen (secondary N) is 1. The minimum absolute atomic E-state index is 0.218. The second-order valence-corrected chi connectivity index (χ2v) is 4.74. The second kappa shape index (κ2) is 4.26. The van der Waals surface area contributed by atoms with Crippen LogP contribution in [0.3, 0.4) is 0 Å². The first-order valence-corrected chi connectivity index (χ1v) is 6.01. The number of aromatic nitrogens is 2. The van der Waals surface area contributed by atoms with Gasteiger partial charge in [0.25, 0.3) is 0 Å². The lowest BCUT2D eigenvalue weighted by Gasteiger charge is -2.01. The Morgan fingerprint density at radius 3 is 2.94 bits per heavy atom. The third-order valence-electron chi connectivity index (χ3n) is 2.44. The summed E-state index contributed by atoms with van der Waals surface area (Å²) in [6.45, 7) is 0.218. The fraction of sp³-hybridized carbons (Fsp3) is 0.182. The Hall–Kier alpha value is -2.15. The monoisotopic (exact) mass is 264 g/mol. The van der Waals surface area contributed by atoms with E-state index in [0.717, 1.165) is 16.9 Å². The van der Waals surface area contributed by atoms with Crippen molar-refractivity contribution in [2.45, 2.75) is 6.42 Å². The van der Waals surface area contributed by atoms with Crippen molar-refractivity contribution in [2.24, 2.45) is 0 Å². The normalized spacial score (nSPS) is 12.7. The summed E-state index contributed by atoms with van der Waals surface area (Å²) >= 11 is 0.925. The van der Waals surface area contributed by atoms with Crippen LogP contribution in [0.5, 0.6) is 11.5 Å². The van der Waals surface area contributed by atoms with Crippen LogP contribution in [0.2, 0.25) is 0 Å². The number of aromatic amines is 1. The van der Waals surface area contributed by atoms with E-state index in [9.17, 15) is 9.59 Å². The smallest absolute Gasteiger partial charge is 0.349 e. The van der Waals surface area contributed by atoms with Crippen molar-refractivity contribution in [3.8, 4) is 11.5 Å². The van der Waals surface area contributed by atoms with Gasteiger partial charge in [0.2, 0.25) is 6.79 Å². The molecule has 0 spiro atoms. The van der Waals surface area contributed by atoms with Gasteiger partial charge in [-0.3, -0.25) is 9.78 Å². The molecule has 0 saturated heterocycles. The fourth-order valence-electron chi connectivity index (χ4n) is 1.69. The van der Waals surface area contributed by atoms with E-state index in [2.05, 4.69) is 9.97 Å². The van der Waals surface area contributed by atoms with E-state index in [0.29, 0.717) is 22.9 Å². The van der Waals surface area contributed by atoms with Gasteiger partial charge in [-0.15, -0.1) is 0 Å². The largest absolute Gasteiger partial charge is 0.454 e. The lowest BCUT2D eigenvalue weighted by Crippen LogP contribution is -2.20. The van der Waals surface area contributed by atoms with E-state index in [4.69, 9.17) is 9.47 Å². The molecule has 0 bridgehead atoms. The molecular weight excluding hydrogens is 256 g/mol. The number of fused-ring (bicyclic) bond motifs is 1. The molecule has 1 aliphatic heterocycles. The zero-order chi connectivity index (χ0) is 12.5. The Bertz CT molecular complexity index is 678. The molecule has 7 heteroatoms. The lowest BCUT2D eigenvalue weighted by molar-refractivity contribution is 0.174. The standard InChI is InChI=1S/C11H8N2O4S/c14-10-12-9(18-11(15)13-10)4-6-1-2-7-8(3-6)17-5-16-7/h1-3H,4-5H2,(H,13,14,15). The quantitative estimate of drug-likeness (QED) is 0.854. The molecule has 92 valence electrons. The molecule has 1 aromatic carbocycles. The van der Waals surface area contributed by atoms with E-state index in [-0.39, 0.29) is 6.79 Å². The van der Waals surface area contributed by atoms with Crippen molar-refractivity contribution in [2.75, 3.05) is 6.79 Å². The summed E-state index contributed by atoms with van der Waals surface area (Å²) in [6.07, 6.45) is 0.417. The first-order chi connectivity index (χ1) is 8.70. The molecule has 0 unspecified atom stereocenters. The van der Waals surface area contributed by atoms with E-state index in [1.807, 2.05) is 12.1 Å². The average molecular weight is 264 g/mol. The number of ether oxygens (including phenoxy) is 2. The number of nitrogens with zero attached hydrogens (tertiary/aromatic N) is 1. The average Bonchev–Trinajstić information content (AvgIpc) is 2.74. The van der Waals surface area contributed by atoms with Gasteiger partial charge in [0.15, 0.2) is 11.5 Å². The van der Waals surface area contributed by atoms with Gasteiger partial charge in [0, 0.05) is 6.42 Å². The molecule has 18 heavy (non-hydrogen) atoms. The third kappa shape index (κ3) is 2.12. The van der Waals surface area contributed by atoms with Crippen LogP contribution in [0.1, 0.15) is 10.6 Å². The van der Waals surface area contributed by atoms with Gasteiger partial charge in [-0.1, -0.05) is 17.4 Å². The molecule has 0 radical (unpaired) electrons.